The Hall–Kier alpha value is -2.85. The number of hydrogen-bond acceptors (Lipinski definition) is 13. The topological polar surface area (TPSA) is 153 Å². The van der Waals surface area contributed by atoms with Gasteiger partial charge in [0.1, 0.15) is 30.3 Å². The SMILES string of the molecule is COCCOCCOCCOCCOCCOCCOCC(=O)Oc1cc(CCO[N+](=O)[O-])cc2c1[C@@H]1CC(C)=CC[C@H]1C(C)(C)O2. The number of esters is 1. The second kappa shape index (κ2) is 21.2. The Kier molecular flexibility index (Phi) is 17.4. The first-order chi connectivity index (χ1) is 22.7. The van der Waals surface area contributed by atoms with Crippen LogP contribution in [-0.4, -0.2) is 116 Å². The van der Waals surface area contributed by atoms with Crippen LogP contribution in [0.5, 0.6) is 11.5 Å². The van der Waals surface area contributed by atoms with Crippen LogP contribution in [0.25, 0.3) is 0 Å². The standard InChI is InChI=1S/C33H51NO13/c1-25-5-6-28-27(21-25)32-29(22-26(7-8-45-34(36)37)23-30(32)47-33(28,2)3)46-31(35)24-44-20-19-43-18-17-42-16-15-41-14-13-40-12-11-39-10-9-38-4/h5,22-23,27-28H,6-21,24H2,1-4H3/t27-,28-/m1/s1. The fourth-order valence-corrected chi connectivity index (χ4v) is 5.62. The van der Waals surface area contributed by atoms with Crippen LogP contribution < -0.4 is 9.47 Å². The lowest BCUT2D eigenvalue weighted by Crippen LogP contribution is -2.45. The van der Waals surface area contributed by atoms with Crippen molar-refractivity contribution in [3.05, 3.63) is 45.0 Å². The first-order valence-corrected chi connectivity index (χ1v) is 16.2. The molecule has 0 amide bonds. The highest BCUT2D eigenvalue weighted by atomic mass is 16.9. The van der Waals surface area contributed by atoms with E-state index in [-0.39, 0.29) is 38.1 Å². The average Bonchev–Trinajstić information content (AvgIpc) is 3.01. The molecule has 0 unspecified atom stereocenters. The first kappa shape index (κ1) is 38.6. The summed E-state index contributed by atoms with van der Waals surface area (Å²) in [5, 5.41) is 9.83. The Morgan fingerprint density at radius 3 is 1.98 bits per heavy atom. The van der Waals surface area contributed by atoms with Crippen LogP contribution in [0.4, 0.5) is 0 Å². The fourth-order valence-electron chi connectivity index (χ4n) is 5.62. The number of carbonyl (C=O) groups is 1. The van der Waals surface area contributed by atoms with Gasteiger partial charge in [0, 0.05) is 24.5 Å². The number of nitrogens with zero attached hydrogens (tertiary/aromatic N) is 1. The lowest BCUT2D eigenvalue weighted by atomic mass is 9.67. The highest BCUT2D eigenvalue weighted by molar-refractivity contribution is 5.75. The van der Waals surface area contributed by atoms with E-state index in [1.54, 1.807) is 13.2 Å². The van der Waals surface area contributed by atoms with Crippen molar-refractivity contribution in [2.75, 3.05) is 99.6 Å². The second-order valence-electron chi connectivity index (χ2n) is 11.8. The monoisotopic (exact) mass is 669 g/mol. The first-order valence-electron chi connectivity index (χ1n) is 16.2. The normalized spacial score (nSPS) is 18.1. The van der Waals surface area contributed by atoms with Crippen molar-refractivity contribution >= 4 is 5.97 Å². The van der Waals surface area contributed by atoms with E-state index in [2.05, 4.69) is 31.7 Å². The summed E-state index contributed by atoms with van der Waals surface area (Å²) in [6.07, 6.45) is 4.18. The predicted molar refractivity (Wildman–Crippen MR) is 169 cm³/mol. The van der Waals surface area contributed by atoms with Gasteiger partial charge in [-0.15, -0.1) is 10.1 Å². The summed E-state index contributed by atoms with van der Waals surface area (Å²) >= 11 is 0. The van der Waals surface area contributed by atoms with Gasteiger partial charge in [-0.1, -0.05) is 11.6 Å². The number of fused-ring (bicyclic) bond motifs is 3. The van der Waals surface area contributed by atoms with Gasteiger partial charge in [0.15, 0.2) is 0 Å². The molecule has 1 heterocycles. The predicted octanol–water partition coefficient (Wildman–Crippen LogP) is 3.70. The highest BCUT2D eigenvalue weighted by Gasteiger charge is 2.46. The number of methoxy groups -OCH3 is 1. The highest BCUT2D eigenvalue weighted by Crippen LogP contribution is 2.54. The van der Waals surface area contributed by atoms with Gasteiger partial charge in [-0.2, -0.15) is 0 Å². The molecule has 14 nitrogen and oxygen atoms in total. The molecule has 3 rings (SSSR count). The van der Waals surface area contributed by atoms with Crippen LogP contribution in [0, 0.1) is 16.0 Å². The molecular weight excluding hydrogens is 618 g/mol. The summed E-state index contributed by atoms with van der Waals surface area (Å²) in [6.45, 7) is 11.2. The maximum atomic E-state index is 12.8. The van der Waals surface area contributed by atoms with Crippen molar-refractivity contribution in [3.63, 3.8) is 0 Å². The summed E-state index contributed by atoms with van der Waals surface area (Å²) in [5.41, 5.74) is 2.38. The molecule has 0 fully saturated rings. The number of allylic oxidation sites excluding steroid dienone is 2. The Morgan fingerprint density at radius 1 is 0.872 bits per heavy atom. The minimum atomic E-state index is -0.825. The van der Waals surface area contributed by atoms with Crippen LogP contribution in [0.15, 0.2) is 23.8 Å². The van der Waals surface area contributed by atoms with E-state index in [1.807, 2.05) is 6.07 Å². The van der Waals surface area contributed by atoms with Gasteiger partial charge in [0.05, 0.1) is 79.3 Å². The van der Waals surface area contributed by atoms with Gasteiger partial charge < -0.3 is 47.5 Å². The minimum Gasteiger partial charge on any atom is -0.487 e. The lowest BCUT2D eigenvalue weighted by Gasteiger charge is -2.47. The van der Waals surface area contributed by atoms with Gasteiger partial charge in [-0.05, 0) is 57.7 Å². The molecule has 0 bridgehead atoms. The lowest BCUT2D eigenvalue weighted by molar-refractivity contribution is -0.757. The zero-order valence-electron chi connectivity index (χ0n) is 28.2. The van der Waals surface area contributed by atoms with Gasteiger partial charge in [0.25, 0.3) is 5.09 Å². The molecule has 0 N–H and O–H groups in total. The van der Waals surface area contributed by atoms with E-state index in [4.69, 9.17) is 42.6 Å². The summed E-state index contributed by atoms with van der Waals surface area (Å²) in [6, 6.07) is 3.61. The molecular formula is C33H51NO13. The summed E-state index contributed by atoms with van der Waals surface area (Å²) in [4.78, 5) is 28.0. The maximum absolute atomic E-state index is 12.8. The third kappa shape index (κ3) is 14.0. The van der Waals surface area contributed by atoms with Crippen molar-refractivity contribution in [1.82, 2.24) is 0 Å². The summed E-state index contributed by atoms with van der Waals surface area (Å²) < 4.78 is 49.8. The zero-order chi connectivity index (χ0) is 33.9. The molecule has 1 aliphatic carbocycles. The molecule has 47 heavy (non-hydrogen) atoms. The zero-order valence-corrected chi connectivity index (χ0v) is 28.2. The molecule has 1 aliphatic heterocycles. The van der Waals surface area contributed by atoms with E-state index in [0.717, 1.165) is 18.4 Å². The number of hydrogen-bond donors (Lipinski definition) is 0. The van der Waals surface area contributed by atoms with E-state index in [9.17, 15) is 14.9 Å². The number of ether oxygens (including phenoxy) is 9. The summed E-state index contributed by atoms with van der Waals surface area (Å²) in [7, 11) is 1.63. The Balaban J connectivity index is 1.34. The minimum absolute atomic E-state index is 0.102. The van der Waals surface area contributed by atoms with Gasteiger partial charge in [-0.3, -0.25) is 0 Å². The van der Waals surface area contributed by atoms with Crippen molar-refractivity contribution < 1.29 is 57.4 Å². The Morgan fingerprint density at radius 2 is 1.43 bits per heavy atom. The molecule has 0 saturated heterocycles. The smallest absolute Gasteiger partial charge is 0.337 e. The van der Waals surface area contributed by atoms with Gasteiger partial charge in [-0.25, -0.2) is 4.79 Å². The van der Waals surface area contributed by atoms with Crippen LogP contribution in [0.1, 0.15) is 50.7 Å². The van der Waals surface area contributed by atoms with Crippen LogP contribution >= 0.6 is 0 Å². The van der Waals surface area contributed by atoms with E-state index < -0.39 is 16.7 Å². The van der Waals surface area contributed by atoms with Crippen LogP contribution in [0.3, 0.4) is 0 Å². The molecule has 0 radical (unpaired) electrons. The van der Waals surface area contributed by atoms with E-state index in [1.165, 1.54) is 5.57 Å². The molecule has 2 aliphatic rings. The molecule has 266 valence electrons. The Bertz CT molecular complexity index is 1130. The number of carbonyl (C=O) groups excluding carboxylic acids is 1. The van der Waals surface area contributed by atoms with Gasteiger partial charge in [0.2, 0.25) is 0 Å². The van der Waals surface area contributed by atoms with Crippen molar-refractivity contribution in [2.24, 2.45) is 5.92 Å². The third-order valence-electron chi connectivity index (χ3n) is 7.87. The van der Waals surface area contributed by atoms with Crippen molar-refractivity contribution in [3.8, 4) is 11.5 Å². The summed E-state index contributed by atoms with van der Waals surface area (Å²) in [5.74, 6) is 0.761. The van der Waals surface area contributed by atoms with Crippen LogP contribution in [0.2, 0.25) is 0 Å². The molecule has 1 aromatic carbocycles. The maximum Gasteiger partial charge on any atom is 0.337 e. The molecule has 14 heteroatoms. The van der Waals surface area contributed by atoms with Gasteiger partial charge >= 0.3 is 5.97 Å². The fraction of sp³-hybridized carbons (Fsp3) is 0.727. The van der Waals surface area contributed by atoms with E-state index in [0.29, 0.717) is 89.7 Å². The molecule has 0 aromatic heterocycles. The van der Waals surface area contributed by atoms with Crippen LogP contribution in [-0.2, 0) is 49.2 Å². The van der Waals surface area contributed by atoms with Crippen molar-refractivity contribution in [1.29, 1.82) is 0 Å². The number of benzene rings is 1. The molecule has 0 spiro atoms. The second-order valence-corrected chi connectivity index (χ2v) is 11.8. The quantitative estimate of drug-likeness (QED) is 0.0372. The molecule has 2 atom stereocenters. The van der Waals surface area contributed by atoms with Crippen molar-refractivity contribution in [2.45, 2.75) is 51.6 Å². The average molecular weight is 670 g/mol. The Labute approximate surface area is 276 Å². The third-order valence-corrected chi connectivity index (χ3v) is 7.87. The number of rotatable bonds is 25. The molecule has 1 aromatic rings. The van der Waals surface area contributed by atoms with E-state index >= 15 is 0 Å². The largest absolute Gasteiger partial charge is 0.487 e. The molecule has 0 saturated carbocycles.